The maximum Gasteiger partial charge on any atom is 0.338 e. The molecule has 9 heteroatoms. The SMILES string of the molecule is Cl.O=C(O)c1cc([N+](=O)[O-])ccc1N1CCN(c2ccc(Cl)cc2)CC1. The zero-order valence-electron chi connectivity index (χ0n) is 13.7. The number of hydrogen-bond acceptors (Lipinski definition) is 5. The van der Waals surface area contributed by atoms with E-state index in [-0.39, 0.29) is 23.7 Å². The summed E-state index contributed by atoms with van der Waals surface area (Å²) in [5.41, 5.74) is 1.30. The third-order valence-electron chi connectivity index (χ3n) is 4.23. The van der Waals surface area contributed by atoms with Gasteiger partial charge in [0.1, 0.15) is 0 Å². The van der Waals surface area contributed by atoms with Crippen LogP contribution in [0.5, 0.6) is 0 Å². The van der Waals surface area contributed by atoms with E-state index in [1.165, 1.54) is 12.1 Å². The van der Waals surface area contributed by atoms with Crippen molar-refractivity contribution in [1.29, 1.82) is 0 Å². The Bertz CT molecular complexity index is 806. The summed E-state index contributed by atoms with van der Waals surface area (Å²) >= 11 is 5.91. The first-order valence-electron chi connectivity index (χ1n) is 7.73. The number of nitro benzene ring substituents is 1. The Morgan fingerprint density at radius 2 is 1.62 bits per heavy atom. The van der Waals surface area contributed by atoms with Crippen molar-refractivity contribution in [3.63, 3.8) is 0 Å². The molecule has 0 radical (unpaired) electrons. The minimum Gasteiger partial charge on any atom is -0.478 e. The van der Waals surface area contributed by atoms with Crippen molar-refractivity contribution in [3.05, 3.63) is 63.2 Å². The molecule has 0 aromatic heterocycles. The van der Waals surface area contributed by atoms with Gasteiger partial charge >= 0.3 is 5.97 Å². The Hall–Kier alpha value is -2.51. The second-order valence-corrected chi connectivity index (χ2v) is 6.15. The molecule has 0 saturated carbocycles. The number of carboxylic acids is 1. The van der Waals surface area contributed by atoms with Crippen molar-refractivity contribution in [1.82, 2.24) is 0 Å². The number of aromatic carboxylic acids is 1. The molecule has 138 valence electrons. The van der Waals surface area contributed by atoms with E-state index in [9.17, 15) is 20.0 Å². The third kappa shape index (κ3) is 4.17. The average molecular weight is 398 g/mol. The lowest BCUT2D eigenvalue weighted by Gasteiger charge is -2.37. The van der Waals surface area contributed by atoms with E-state index in [0.29, 0.717) is 23.8 Å². The molecular weight excluding hydrogens is 381 g/mol. The van der Waals surface area contributed by atoms with Crippen LogP contribution in [0.1, 0.15) is 10.4 Å². The molecule has 3 rings (SSSR count). The first-order chi connectivity index (χ1) is 12.0. The van der Waals surface area contributed by atoms with Crippen LogP contribution < -0.4 is 9.80 Å². The lowest BCUT2D eigenvalue weighted by atomic mass is 10.1. The second-order valence-electron chi connectivity index (χ2n) is 5.71. The van der Waals surface area contributed by atoms with Crippen molar-refractivity contribution in [2.24, 2.45) is 0 Å². The standard InChI is InChI=1S/C17H16ClN3O4.ClH/c18-12-1-3-13(4-2-12)19-7-9-20(10-8-19)16-6-5-14(21(24)25)11-15(16)17(22)23;/h1-6,11H,7-10H2,(H,22,23);1H. The van der Waals surface area contributed by atoms with Gasteiger partial charge in [0.15, 0.2) is 0 Å². The molecule has 1 saturated heterocycles. The highest BCUT2D eigenvalue weighted by atomic mass is 35.5. The molecule has 0 atom stereocenters. The van der Waals surface area contributed by atoms with Gasteiger partial charge in [-0.25, -0.2) is 4.79 Å². The fraction of sp³-hybridized carbons (Fsp3) is 0.235. The maximum absolute atomic E-state index is 11.5. The highest BCUT2D eigenvalue weighted by molar-refractivity contribution is 6.30. The van der Waals surface area contributed by atoms with Crippen LogP contribution in [-0.4, -0.2) is 42.2 Å². The van der Waals surface area contributed by atoms with Crippen molar-refractivity contribution in [2.45, 2.75) is 0 Å². The zero-order chi connectivity index (χ0) is 18.0. The first-order valence-corrected chi connectivity index (χ1v) is 8.10. The topological polar surface area (TPSA) is 86.9 Å². The Morgan fingerprint density at radius 1 is 1.04 bits per heavy atom. The summed E-state index contributed by atoms with van der Waals surface area (Å²) in [4.78, 5) is 25.9. The van der Waals surface area contributed by atoms with E-state index in [0.717, 1.165) is 24.8 Å². The summed E-state index contributed by atoms with van der Waals surface area (Å²) in [6.45, 7) is 2.69. The van der Waals surface area contributed by atoms with Gasteiger partial charge in [-0.15, -0.1) is 12.4 Å². The minimum atomic E-state index is -1.17. The van der Waals surface area contributed by atoms with Crippen LogP contribution in [0.15, 0.2) is 42.5 Å². The van der Waals surface area contributed by atoms with Gasteiger partial charge in [-0.2, -0.15) is 0 Å². The zero-order valence-corrected chi connectivity index (χ0v) is 15.2. The number of carbonyl (C=O) groups is 1. The van der Waals surface area contributed by atoms with E-state index in [1.807, 2.05) is 29.2 Å². The number of piperazine rings is 1. The van der Waals surface area contributed by atoms with Gasteiger partial charge in [0.05, 0.1) is 16.2 Å². The molecule has 2 aromatic rings. The number of halogens is 2. The fourth-order valence-corrected chi connectivity index (χ4v) is 3.07. The lowest BCUT2D eigenvalue weighted by molar-refractivity contribution is -0.384. The summed E-state index contributed by atoms with van der Waals surface area (Å²) in [5, 5.41) is 20.9. The molecule has 1 aliphatic heterocycles. The molecule has 0 amide bonds. The number of nitrogens with zero attached hydrogens (tertiary/aromatic N) is 3. The van der Waals surface area contributed by atoms with Crippen molar-refractivity contribution in [2.75, 3.05) is 36.0 Å². The highest BCUT2D eigenvalue weighted by Gasteiger charge is 2.23. The number of benzene rings is 2. The van der Waals surface area contributed by atoms with Crippen LogP contribution in [0.4, 0.5) is 17.1 Å². The normalized spacial score (nSPS) is 13.9. The van der Waals surface area contributed by atoms with Gasteiger partial charge in [-0.1, -0.05) is 11.6 Å². The van der Waals surface area contributed by atoms with E-state index in [4.69, 9.17) is 11.6 Å². The highest BCUT2D eigenvalue weighted by Crippen LogP contribution is 2.28. The van der Waals surface area contributed by atoms with Gasteiger partial charge in [0.25, 0.3) is 5.69 Å². The average Bonchev–Trinajstić information content (AvgIpc) is 2.62. The monoisotopic (exact) mass is 397 g/mol. The van der Waals surface area contributed by atoms with E-state index in [2.05, 4.69) is 4.90 Å². The Labute approximate surface area is 161 Å². The Morgan fingerprint density at radius 3 is 2.15 bits per heavy atom. The molecule has 1 heterocycles. The van der Waals surface area contributed by atoms with Crippen LogP contribution in [0.2, 0.25) is 5.02 Å². The lowest BCUT2D eigenvalue weighted by Crippen LogP contribution is -2.47. The van der Waals surface area contributed by atoms with Crippen LogP contribution in [0, 0.1) is 10.1 Å². The van der Waals surface area contributed by atoms with Gasteiger partial charge in [0, 0.05) is 49.0 Å². The molecule has 0 spiro atoms. The summed E-state index contributed by atoms with van der Waals surface area (Å²) in [6.07, 6.45) is 0. The summed E-state index contributed by atoms with van der Waals surface area (Å²) < 4.78 is 0. The van der Waals surface area contributed by atoms with Gasteiger partial charge in [-0.3, -0.25) is 10.1 Å². The van der Waals surface area contributed by atoms with Gasteiger partial charge < -0.3 is 14.9 Å². The molecule has 1 fully saturated rings. The van der Waals surface area contributed by atoms with Crippen LogP contribution >= 0.6 is 24.0 Å². The minimum absolute atomic E-state index is 0. The molecule has 0 unspecified atom stereocenters. The van der Waals surface area contributed by atoms with E-state index < -0.39 is 10.9 Å². The number of rotatable bonds is 4. The first kappa shape index (κ1) is 19.8. The number of carboxylic acid groups (broad SMARTS) is 1. The maximum atomic E-state index is 11.5. The quantitative estimate of drug-likeness (QED) is 0.625. The number of hydrogen-bond donors (Lipinski definition) is 1. The molecule has 0 bridgehead atoms. The largest absolute Gasteiger partial charge is 0.478 e. The van der Waals surface area contributed by atoms with E-state index in [1.54, 1.807) is 0 Å². The Kier molecular flexibility index (Phi) is 6.28. The number of nitro groups is 1. The van der Waals surface area contributed by atoms with Gasteiger partial charge in [-0.05, 0) is 30.3 Å². The predicted octanol–water partition coefficient (Wildman–Crippen LogP) is 3.69. The molecule has 26 heavy (non-hydrogen) atoms. The third-order valence-corrected chi connectivity index (χ3v) is 4.49. The van der Waals surface area contributed by atoms with Crippen molar-refractivity contribution < 1.29 is 14.8 Å². The molecule has 0 aliphatic carbocycles. The molecular formula is C17H17Cl2N3O4. The second kappa shape index (κ2) is 8.25. The molecule has 1 N–H and O–H groups in total. The summed E-state index contributed by atoms with van der Waals surface area (Å²) in [7, 11) is 0. The van der Waals surface area contributed by atoms with Crippen LogP contribution in [0.3, 0.4) is 0 Å². The van der Waals surface area contributed by atoms with Crippen molar-refractivity contribution in [3.8, 4) is 0 Å². The van der Waals surface area contributed by atoms with Crippen LogP contribution in [-0.2, 0) is 0 Å². The number of non-ortho nitro benzene ring substituents is 1. The van der Waals surface area contributed by atoms with Gasteiger partial charge in [0.2, 0.25) is 0 Å². The number of anilines is 2. The van der Waals surface area contributed by atoms with E-state index >= 15 is 0 Å². The summed E-state index contributed by atoms with van der Waals surface area (Å²) in [6, 6.07) is 11.5. The fourth-order valence-electron chi connectivity index (χ4n) is 2.94. The van der Waals surface area contributed by atoms with Crippen molar-refractivity contribution >= 4 is 47.0 Å². The molecule has 7 nitrogen and oxygen atoms in total. The van der Waals surface area contributed by atoms with Crippen LogP contribution in [0.25, 0.3) is 0 Å². The molecule has 1 aliphatic rings. The summed E-state index contributed by atoms with van der Waals surface area (Å²) in [5.74, 6) is -1.17. The smallest absolute Gasteiger partial charge is 0.338 e. The Balaban J connectivity index is 0.00000243. The predicted molar refractivity (Wildman–Crippen MR) is 103 cm³/mol. The molecule has 2 aromatic carbocycles.